The summed E-state index contributed by atoms with van der Waals surface area (Å²) in [6, 6.07) is 0. The first-order chi connectivity index (χ1) is 3.27. The second kappa shape index (κ2) is 5.14. The lowest BCUT2D eigenvalue weighted by atomic mass is 11.5. The molecule has 44 valence electrons. The molecule has 0 aromatic heterocycles. The van der Waals surface area contributed by atoms with Gasteiger partial charge in [-0.2, -0.15) is 0 Å². The third-order valence-electron chi connectivity index (χ3n) is 0.286. The Morgan fingerprint density at radius 1 is 1.86 bits per heavy atom. The van der Waals surface area contributed by atoms with Gasteiger partial charge in [-0.15, -0.1) is 5.20 Å². The molecule has 0 fully saturated rings. The highest BCUT2D eigenvalue weighted by molar-refractivity contribution is 14.1. The van der Waals surface area contributed by atoms with Gasteiger partial charge >= 0.3 is 0 Å². The van der Waals surface area contributed by atoms with Crippen molar-refractivity contribution in [1.82, 2.24) is 8.50 Å². The van der Waals surface area contributed by atoms with Crippen molar-refractivity contribution in [1.29, 1.82) is 0 Å². The smallest absolute Gasteiger partial charge is 0.0842 e. The zero-order valence-corrected chi connectivity index (χ0v) is 6.94. The molecule has 0 heterocycles. The molecule has 0 aliphatic carbocycles. The fourth-order valence-electron chi connectivity index (χ4n) is 0.112. The van der Waals surface area contributed by atoms with E-state index in [9.17, 15) is 5.21 Å². The van der Waals surface area contributed by atoms with Crippen molar-refractivity contribution in [2.75, 3.05) is 7.05 Å². The zero-order chi connectivity index (χ0) is 5.70. The lowest BCUT2D eigenvalue weighted by molar-refractivity contribution is -0.858. The third-order valence-corrected chi connectivity index (χ3v) is 1.67. The topological polar surface area (TPSA) is 51.6 Å². The van der Waals surface area contributed by atoms with E-state index in [2.05, 4.69) is 8.50 Å². The molecule has 0 rings (SSSR count). The Kier molecular flexibility index (Phi) is 5.88. The van der Waals surface area contributed by atoms with Crippen LogP contribution in [0.3, 0.4) is 0 Å². The van der Waals surface area contributed by atoms with E-state index >= 15 is 0 Å². The van der Waals surface area contributed by atoms with Crippen LogP contribution in [0.1, 0.15) is 0 Å². The number of hydrogen-bond donors (Lipinski definition) is 3. The first kappa shape index (κ1) is 8.00. The lowest BCUT2D eigenvalue weighted by Crippen LogP contribution is -3.09. The Balaban J connectivity index is 2.68. The van der Waals surface area contributed by atoms with Gasteiger partial charge in [0, 0.05) is 22.9 Å². The second-order valence-corrected chi connectivity index (χ2v) is 3.21. The van der Waals surface area contributed by atoms with Crippen LogP contribution in [0.5, 0.6) is 0 Å². The van der Waals surface area contributed by atoms with Gasteiger partial charge < -0.3 is 5.21 Å². The highest BCUT2D eigenvalue weighted by atomic mass is 127. The van der Waals surface area contributed by atoms with Crippen molar-refractivity contribution in [2.24, 2.45) is 0 Å². The molecule has 3 N–H and O–H groups in total. The van der Waals surface area contributed by atoms with Gasteiger partial charge in [0.05, 0.1) is 15.9 Å². The number of hydrogen-bond acceptors (Lipinski definition) is 3. The van der Waals surface area contributed by atoms with Gasteiger partial charge in [-0.05, 0) is 0 Å². The predicted octanol–water partition coefficient (Wildman–Crippen LogP) is -1.05. The Bertz CT molecular complexity index is 43.9. The van der Waals surface area contributed by atoms with Crippen LogP contribution in [-0.4, -0.2) is 7.05 Å². The SMILES string of the molecule is C[NH+]([O-])NPNI. The van der Waals surface area contributed by atoms with E-state index in [0.29, 0.717) is 8.88 Å². The molecule has 7 heavy (non-hydrogen) atoms. The molecule has 4 nitrogen and oxygen atoms in total. The van der Waals surface area contributed by atoms with Crippen LogP contribution in [0.2, 0.25) is 0 Å². The maximum Gasteiger partial charge on any atom is 0.0842 e. The summed E-state index contributed by atoms with van der Waals surface area (Å²) in [6.45, 7) is 0. The normalized spacial score (nSPS) is 15.9. The highest BCUT2D eigenvalue weighted by Gasteiger charge is 1.79. The molecule has 2 unspecified atom stereocenters. The summed E-state index contributed by atoms with van der Waals surface area (Å²) < 4.78 is 2.76. The summed E-state index contributed by atoms with van der Waals surface area (Å²) in [5.74, 6) is 0. The average molecular weight is 235 g/mol. The number of hydroxylamine groups is 1. The Labute approximate surface area is 58.0 Å². The van der Waals surface area contributed by atoms with Crippen LogP contribution in [0, 0.1) is 5.21 Å². The molecule has 0 saturated heterocycles. The molecule has 0 spiro atoms. The summed E-state index contributed by atoms with van der Waals surface area (Å²) >= 11 is 1.97. The highest BCUT2D eigenvalue weighted by Crippen LogP contribution is 1.91. The molecule has 0 saturated carbocycles. The number of rotatable bonds is 3. The maximum atomic E-state index is 10.1. The van der Waals surface area contributed by atoms with E-state index in [0.717, 1.165) is 0 Å². The summed E-state index contributed by atoms with van der Waals surface area (Å²) in [5, 5.41) is 12.6. The molecule has 0 aliphatic heterocycles. The minimum atomic E-state index is 0.00231. The molecule has 0 aromatic carbocycles. The van der Waals surface area contributed by atoms with Crippen LogP contribution < -0.4 is 13.7 Å². The van der Waals surface area contributed by atoms with Crippen molar-refractivity contribution in [2.45, 2.75) is 0 Å². The van der Waals surface area contributed by atoms with Crippen LogP contribution >= 0.6 is 31.7 Å². The minimum Gasteiger partial charge on any atom is -0.613 e. The fraction of sp³-hybridized carbons (Fsp3) is 1.00. The molecule has 0 radical (unpaired) electrons. The standard InChI is InChI=1S/CH7IN3OP/c1-5(6)4-7-3-2/h3-5,7H,1H3. The molecule has 0 aliphatic rings. The second-order valence-electron chi connectivity index (χ2n) is 0.901. The van der Waals surface area contributed by atoms with Crippen LogP contribution in [0.15, 0.2) is 0 Å². The van der Waals surface area contributed by atoms with Crippen LogP contribution in [-0.2, 0) is 0 Å². The molecular weight excluding hydrogens is 228 g/mol. The average Bonchev–Trinajstić information content (AvgIpc) is 1.61. The maximum absolute atomic E-state index is 10.1. The number of nitrogens with one attached hydrogen (secondary N) is 3. The molecule has 0 aromatic rings. The van der Waals surface area contributed by atoms with Gasteiger partial charge in [-0.1, -0.05) is 0 Å². The quantitative estimate of drug-likeness (QED) is 0.253. The fourth-order valence-corrected chi connectivity index (χ4v) is 0.739. The first-order valence-electron chi connectivity index (χ1n) is 1.64. The molecule has 6 heteroatoms. The van der Waals surface area contributed by atoms with Gasteiger partial charge in [0.1, 0.15) is 0 Å². The van der Waals surface area contributed by atoms with E-state index < -0.39 is 0 Å². The largest absolute Gasteiger partial charge is 0.613 e. The van der Waals surface area contributed by atoms with Crippen molar-refractivity contribution in [3.8, 4) is 0 Å². The zero-order valence-electron chi connectivity index (χ0n) is 3.79. The summed E-state index contributed by atoms with van der Waals surface area (Å²) in [5.41, 5.74) is 0. The lowest BCUT2D eigenvalue weighted by Gasteiger charge is -2.14. The summed E-state index contributed by atoms with van der Waals surface area (Å²) in [6.07, 6.45) is 0. The van der Waals surface area contributed by atoms with Crippen molar-refractivity contribution >= 4 is 31.7 Å². The molecule has 2 atom stereocenters. The van der Waals surface area contributed by atoms with E-state index in [4.69, 9.17) is 0 Å². The van der Waals surface area contributed by atoms with Gasteiger partial charge in [0.15, 0.2) is 0 Å². The van der Waals surface area contributed by atoms with Crippen molar-refractivity contribution in [3.63, 3.8) is 0 Å². The van der Waals surface area contributed by atoms with Gasteiger partial charge in [-0.3, -0.25) is 5.17 Å². The third kappa shape index (κ3) is 7.00. The summed E-state index contributed by atoms with van der Waals surface area (Å²) in [4.78, 5) is 0. The Morgan fingerprint density at radius 3 is 2.57 bits per heavy atom. The van der Waals surface area contributed by atoms with E-state index in [1.807, 2.05) is 22.9 Å². The predicted molar refractivity (Wildman–Crippen MR) is 38.9 cm³/mol. The van der Waals surface area contributed by atoms with Crippen LogP contribution in [0.4, 0.5) is 0 Å². The van der Waals surface area contributed by atoms with Gasteiger partial charge in [0.25, 0.3) is 0 Å². The van der Waals surface area contributed by atoms with E-state index in [1.54, 1.807) is 0 Å². The van der Waals surface area contributed by atoms with Gasteiger partial charge in [0.2, 0.25) is 0 Å². The van der Waals surface area contributed by atoms with E-state index in [-0.39, 0.29) is 5.17 Å². The van der Waals surface area contributed by atoms with Crippen molar-refractivity contribution in [3.05, 3.63) is 5.21 Å². The van der Waals surface area contributed by atoms with Crippen molar-refractivity contribution < 1.29 is 5.17 Å². The number of halogens is 1. The first-order valence-corrected chi connectivity index (χ1v) is 3.72. The Morgan fingerprint density at radius 2 is 2.43 bits per heavy atom. The van der Waals surface area contributed by atoms with E-state index in [1.165, 1.54) is 7.05 Å². The van der Waals surface area contributed by atoms with Gasteiger partial charge in [-0.25, -0.2) is 3.30 Å². The number of quaternary nitrogens is 1. The van der Waals surface area contributed by atoms with Crippen LogP contribution in [0.25, 0.3) is 0 Å². The molecule has 0 bridgehead atoms. The molecule has 0 amide bonds. The molecular formula is CH7IN3OP. The summed E-state index contributed by atoms with van der Waals surface area (Å²) in [7, 11) is 1.82. The monoisotopic (exact) mass is 235 g/mol. The minimum absolute atomic E-state index is 0.00231. The Hall–Kier alpha value is 1.00.